The van der Waals surface area contributed by atoms with E-state index in [1.54, 1.807) is 12.1 Å². The van der Waals surface area contributed by atoms with E-state index in [9.17, 15) is 12.8 Å². The van der Waals surface area contributed by atoms with E-state index in [-0.39, 0.29) is 10.6 Å². The fourth-order valence-corrected chi connectivity index (χ4v) is 3.27. The highest BCUT2D eigenvalue weighted by Crippen LogP contribution is 2.24. The lowest BCUT2D eigenvalue weighted by Crippen LogP contribution is -2.14. The topological polar surface area (TPSA) is 72.2 Å². The van der Waals surface area contributed by atoms with Crippen molar-refractivity contribution in [1.29, 1.82) is 0 Å². The van der Waals surface area contributed by atoms with Gasteiger partial charge in [0.25, 0.3) is 10.0 Å². The molecule has 4 nitrogen and oxygen atoms in total. The summed E-state index contributed by atoms with van der Waals surface area (Å²) in [6, 6.07) is 8.57. The maximum Gasteiger partial charge on any atom is 0.262 e. The van der Waals surface area contributed by atoms with E-state index in [2.05, 4.69) is 20.7 Å². The molecular weight excluding hydrogens is 359 g/mol. The number of hydrogen-bond donors (Lipinski definition) is 2. The van der Waals surface area contributed by atoms with E-state index in [1.165, 1.54) is 24.3 Å². The van der Waals surface area contributed by atoms with Crippen LogP contribution in [0.2, 0.25) is 0 Å². The summed E-state index contributed by atoms with van der Waals surface area (Å²) in [5, 5.41) is 0. The first kappa shape index (κ1) is 15.8. The zero-order valence-corrected chi connectivity index (χ0v) is 13.6. The Morgan fingerprint density at radius 2 is 1.95 bits per heavy atom. The highest BCUT2D eigenvalue weighted by molar-refractivity contribution is 9.10. The normalized spacial score (nSPS) is 11.4. The highest BCUT2D eigenvalue weighted by atomic mass is 79.9. The third kappa shape index (κ3) is 3.54. The number of aryl methyl sites for hydroxylation is 1. The molecule has 0 bridgehead atoms. The van der Waals surface area contributed by atoms with Crippen LogP contribution in [0.1, 0.15) is 12.5 Å². The lowest BCUT2D eigenvalue weighted by atomic mass is 10.1. The molecule has 0 fully saturated rings. The summed E-state index contributed by atoms with van der Waals surface area (Å²) in [7, 11) is -3.88. The Morgan fingerprint density at radius 3 is 2.52 bits per heavy atom. The molecular formula is C14H14BrFN2O2S. The average molecular weight is 373 g/mol. The van der Waals surface area contributed by atoms with Crippen molar-refractivity contribution in [2.24, 2.45) is 0 Å². The molecule has 0 unspecified atom stereocenters. The number of hydrogen-bond acceptors (Lipinski definition) is 3. The first-order valence-electron chi connectivity index (χ1n) is 6.19. The van der Waals surface area contributed by atoms with E-state index >= 15 is 0 Å². The van der Waals surface area contributed by atoms with Gasteiger partial charge in [-0.2, -0.15) is 0 Å². The molecule has 0 aliphatic heterocycles. The summed E-state index contributed by atoms with van der Waals surface area (Å²) >= 11 is 3.11. The predicted molar refractivity (Wildman–Crippen MR) is 85.1 cm³/mol. The van der Waals surface area contributed by atoms with E-state index in [0.29, 0.717) is 16.6 Å². The fraction of sp³-hybridized carbons (Fsp3) is 0.143. The molecule has 0 heterocycles. The van der Waals surface area contributed by atoms with Crippen LogP contribution in [0.3, 0.4) is 0 Å². The molecule has 0 aliphatic rings. The largest absolute Gasteiger partial charge is 0.398 e. The molecule has 112 valence electrons. The Balaban J connectivity index is 2.36. The number of nitrogens with two attached hydrogens (primary N) is 1. The molecule has 21 heavy (non-hydrogen) atoms. The van der Waals surface area contributed by atoms with Crippen LogP contribution in [0.4, 0.5) is 15.8 Å². The lowest BCUT2D eigenvalue weighted by Gasteiger charge is -2.11. The van der Waals surface area contributed by atoms with Crippen molar-refractivity contribution >= 4 is 37.3 Å². The van der Waals surface area contributed by atoms with Gasteiger partial charge in [0.05, 0.1) is 10.6 Å². The number of sulfonamides is 1. The van der Waals surface area contributed by atoms with Crippen LogP contribution in [0.25, 0.3) is 0 Å². The Hall–Kier alpha value is -1.60. The SMILES string of the molecule is CCc1ccc(S(=O)(=O)Nc2ccc(Br)cc2F)cc1N. The first-order chi connectivity index (χ1) is 9.83. The van der Waals surface area contributed by atoms with Gasteiger partial charge in [-0.25, -0.2) is 12.8 Å². The van der Waals surface area contributed by atoms with Crippen LogP contribution in [0.15, 0.2) is 45.8 Å². The van der Waals surface area contributed by atoms with Crippen LogP contribution >= 0.6 is 15.9 Å². The molecule has 0 saturated heterocycles. The zero-order chi connectivity index (χ0) is 15.6. The highest BCUT2D eigenvalue weighted by Gasteiger charge is 2.17. The van der Waals surface area contributed by atoms with Gasteiger partial charge in [-0.15, -0.1) is 0 Å². The number of benzene rings is 2. The standard InChI is InChI=1S/C14H14BrFN2O2S/c1-2-9-3-5-11(8-13(9)17)21(19,20)18-14-6-4-10(15)7-12(14)16/h3-8,18H,2,17H2,1H3. The Morgan fingerprint density at radius 1 is 1.24 bits per heavy atom. The van der Waals surface area contributed by atoms with E-state index in [4.69, 9.17) is 5.73 Å². The smallest absolute Gasteiger partial charge is 0.262 e. The minimum absolute atomic E-state index is 0.000446. The van der Waals surface area contributed by atoms with Crippen LogP contribution < -0.4 is 10.5 Å². The first-order valence-corrected chi connectivity index (χ1v) is 8.47. The second-order valence-electron chi connectivity index (χ2n) is 4.44. The van der Waals surface area contributed by atoms with Crippen molar-refractivity contribution < 1.29 is 12.8 Å². The van der Waals surface area contributed by atoms with Crippen LogP contribution in [-0.4, -0.2) is 8.42 Å². The molecule has 7 heteroatoms. The monoisotopic (exact) mass is 372 g/mol. The third-order valence-electron chi connectivity index (χ3n) is 2.98. The molecule has 0 aliphatic carbocycles. The maximum absolute atomic E-state index is 13.7. The van der Waals surface area contributed by atoms with Gasteiger partial charge >= 0.3 is 0 Å². The third-order valence-corrected chi connectivity index (χ3v) is 4.84. The van der Waals surface area contributed by atoms with Crippen molar-refractivity contribution in [3.05, 3.63) is 52.3 Å². The van der Waals surface area contributed by atoms with Gasteiger partial charge in [-0.05, 0) is 42.3 Å². The molecule has 0 amide bonds. The number of nitrogens with one attached hydrogen (secondary N) is 1. The summed E-state index contributed by atoms with van der Waals surface area (Å²) in [5.41, 5.74) is 6.95. The molecule has 2 rings (SSSR count). The number of halogens is 2. The minimum atomic E-state index is -3.88. The lowest BCUT2D eigenvalue weighted by molar-refractivity contribution is 0.598. The van der Waals surface area contributed by atoms with Crippen LogP contribution in [0, 0.1) is 5.82 Å². The Bertz CT molecular complexity index is 779. The summed E-state index contributed by atoms with van der Waals surface area (Å²) < 4.78 is 40.9. The average Bonchev–Trinajstić information content (AvgIpc) is 2.42. The number of anilines is 2. The second kappa shape index (κ2) is 6.03. The van der Waals surface area contributed by atoms with Gasteiger partial charge in [0.15, 0.2) is 0 Å². The molecule has 0 saturated carbocycles. The van der Waals surface area contributed by atoms with Crippen LogP contribution in [0.5, 0.6) is 0 Å². The summed E-state index contributed by atoms with van der Waals surface area (Å²) in [5.74, 6) is -0.661. The van der Waals surface area contributed by atoms with Crippen molar-refractivity contribution in [1.82, 2.24) is 0 Å². The van der Waals surface area contributed by atoms with Gasteiger partial charge in [-0.1, -0.05) is 28.9 Å². The Labute approximate surface area is 131 Å². The Kier molecular flexibility index (Phi) is 4.53. The van der Waals surface area contributed by atoms with Crippen molar-refractivity contribution in [3.63, 3.8) is 0 Å². The zero-order valence-electron chi connectivity index (χ0n) is 11.2. The molecule has 0 spiro atoms. The van der Waals surface area contributed by atoms with Crippen LogP contribution in [-0.2, 0) is 16.4 Å². The molecule has 0 atom stereocenters. The number of rotatable bonds is 4. The number of nitrogen functional groups attached to an aromatic ring is 1. The molecule has 2 aromatic rings. The second-order valence-corrected chi connectivity index (χ2v) is 7.04. The molecule has 3 N–H and O–H groups in total. The predicted octanol–water partition coefficient (Wildman–Crippen LogP) is 3.53. The summed E-state index contributed by atoms with van der Waals surface area (Å²) in [4.78, 5) is -0.000446. The maximum atomic E-state index is 13.7. The van der Waals surface area contributed by atoms with E-state index in [1.807, 2.05) is 6.92 Å². The van der Waals surface area contributed by atoms with Crippen molar-refractivity contribution in [2.75, 3.05) is 10.5 Å². The fourth-order valence-electron chi connectivity index (χ4n) is 1.84. The van der Waals surface area contributed by atoms with Gasteiger partial charge < -0.3 is 5.73 Å². The molecule has 2 aromatic carbocycles. The molecule has 0 radical (unpaired) electrons. The summed E-state index contributed by atoms with van der Waals surface area (Å²) in [6.45, 7) is 1.93. The minimum Gasteiger partial charge on any atom is -0.398 e. The quantitative estimate of drug-likeness (QED) is 0.806. The van der Waals surface area contributed by atoms with Gasteiger partial charge in [-0.3, -0.25) is 4.72 Å². The van der Waals surface area contributed by atoms with Gasteiger partial charge in [0, 0.05) is 10.2 Å². The van der Waals surface area contributed by atoms with E-state index in [0.717, 1.165) is 5.56 Å². The van der Waals surface area contributed by atoms with Gasteiger partial charge in [0.1, 0.15) is 5.82 Å². The van der Waals surface area contributed by atoms with Crippen molar-refractivity contribution in [2.45, 2.75) is 18.2 Å². The molecule has 0 aromatic heterocycles. The van der Waals surface area contributed by atoms with Crippen molar-refractivity contribution in [3.8, 4) is 0 Å². The summed E-state index contributed by atoms with van der Waals surface area (Å²) in [6.07, 6.45) is 0.709. The van der Waals surface area contributed by atoms with E-state index < -0.39 is 15.8 Å². The van der Waals surface area contributed by atoms with Gasteiger partial charge in [0.2, 0.25) is 0 Å².